The fourth-order valence-electron chi connectivity index (χ4n) is 1.65. The van der Waals surface area contributed by atoms with Crippen molar-refractivity contribution < 1.29 is 4.74 Å². The maximum absolute atomic E-state index is 8.58. The van der Waals surface area contributed by atoms with Crippen LogP contribution in [0.1, 0.15) is 0 Å². The van der Waals surface area contributed by atoms with Crippen LogP contribution in [0.15, 0.2) is 35.6 Å². The normalized spacial score (nSPS) is 10.1. The lowest BCUT2D eigenvalue weighted by Crippen LogP contribution is -1.94. The molecule has 0 N–H and O–H groups in total. The average molecular weight is 259 g/mol. The molecule has 1 aromatic carbocycles. The topological polar surface area (TPSA) is 50.8 Å². The molecule has 0 aliphatic rings. The van der Waals surface area contributed by atoms with Crippen molar-refractivity contribution in [3.8, 4) is 23.1 Å². The summed E-state index contributed by atoms with van der Waals surface area (Å²) in [5, 5.41) is 9.43. The summed E-state index contributed by atoms with van der Waals surface area (Å²) in [6, 6.07) is 9.93. The van der Waals surface area contributed by atoms with Gasteiger partial charge >= 0.3 is 0 Å². The van der Waals surface area contributed by atoms with Gasteiger partial charge in [-0.2, -0.15) is 5.26 Å². The van der Waals surface area contributed by atoms with E-state index < -0.39 is 0 Å². The first-order valence-corrected chi connectivity index (χ1v) is 6.40. The number of rotatable bonds is 4. The zero-order valence-electron chi connectivity index (χ0n) is 10.3. The molecule has 0 aliphatic heterocycles. The number of nitriles is 1. The van der Waals surface area contributed by atoms with E-state index in [4.69, 9.17) is 10.00 Å². The van der Waals surface area contributed by atoms with Gasteiger partial charge in [0.2, 0.25) is 0 Å². The minimum Gasteiger partial charge on any atom is -0.497 e. The molecule has 0 saturated heterocycles. The Morgan fingerprint density at radius 1 is 1.39 bits per heavy atom. The molecule has 1 aromatic heterocycles. The summed E-state index contributed by atoms with van der Waals surface area (Å²) < 4.78 is 7.12. The number of aromatic nitrogens is 2. The Hall–Kier alpha value is -1.93. The van der Waals surface area contributed by atoms with Crippen LogP contribution in [0.4, 0.5) is 0 Å². The summed E-state index contributed by atoms with van der Waals surface area (Å²) in [7, 11) is 3.60. The van der Waals surface area contributed by atoms with E-state index in [1.165, 1.54) is 11.8 Å². The third-order valence-corrected chi connectivity index (χ3v) is 3.51. The van der Waals surface area contributed by atoms with Gasteiger partial charge in [-0.15, -0.1) is 0 Å². The average Bonchev–Trinajstić information content (AvgIpc) is 2.78. The molecule has 0 aliphatic carbocycles. The van der Waals surface area contributed by atoms with Crippen LogP contribution in [0.25, 0.3) is 11.3 Å². The van der Waals surface area contributed by atoms with Crippen molar-refractivity contribution in [3.63, 3.8) is 0 Å². The molecular weight excluding hydrogens is 246 g/mol. The third-order valence-electron chi connectivity index (χ3n) is 2.60. The van der Waals surface area contributed by atoms with Gasteiger partial charge in [-0.25, -0.2) is 4.98 Å². The number of methoxy groups -OCH3 is 1. The third kappa shape index (κ3) is 2.49. The van der Waals surface area contributed by atoms with Crippen molar-refractivity contribution in [3.05, 3.63) is 30.5 Å². The second kappa shape index (κ2) is 5.61. The van der Waals surface area contributed by atoms with E-state index in [1.807, 2.05) is 42.1 Å². The Morgan fingerprint density at radius 2 is 2.11 bits per heavy atom. The first kappa shape index (κ1) is 12.5. The second-order valence-corrected chi connectivity index (χ2v) is 4.60. The summed E-state index contributed by atoms with van der Waals surface area (Å²) in [4.78, 5) is 4.32. The molecule has 0 radical (unpaired) electrons. The SMILES string of the molecule is COc1ccc(-c2cnc(SCC#N)n2C)cc1. The molecule has 92 valence electrons. The highest BCUT2D eigenvalue weighted by atomic mass is 32.2. The van der Waals surface area contributed by atoms with Crippen molar-refractivity contribution in [2.75, 3.05) is 12.9 Å². The van der Waals surface area contributed by atoms with E-state index in [2.05, 4.69) is 11.1 Å². The predicted molar refractivity (Wildman–Crippen MR) is 71.5 cm³/mol. The number of hydrogen-bond donors (Lipinski definition) is 0. The van der Waals surface area contributed by atoms with Gasteiger partial charge in [-0.3, -0.25) is 0 Å². The first-order valence-electron chi connectivity index (χ1n) is 5.42. The van der Waals surface area contributed by atoms with Crippen LogP contribution < -0.4 is 4.74 Å². The maximum atomic E-state index is 8.58. The number of nitrogens with zero attached hydrogens (tertiary/aromatic N) is 3. The van der Waals surface area contributed by atoms with E-state index in [9.17, 15) is 0 Å². The Morgan fingerprint density at radius 3 is 2.72 bits per heavy atom. The Kier molecular flexibility index (Phi) is 3.90. The van der Waals surface area contributed by atoms with Gasteiger partial charge < -0.3 is 9.30 Å². The molecule has 18 heavy (non-hydrogen) atoms. The summed E-state index contributed by atoms with van der Waals surface area (Å²) >= 11 is 1.44. The lowest BCUT2D eigenvalue weighted by Gasteiger charge is -2.05. The van der Waals surface area contributed by atoms with Gasteiger partial charge in [0.25, 0.3) is 0 Å². The number of benzene rings is 1. The lowest BCUT2D eigenvalue weighted by molar-refractivity contribution is 0.415. The Bertz CT molecular complexity index is 569. The fraction of sp³-hybridized carbons (Fsp3) is 0.231. The second-order valence-electron chi connectivity index (χ2n) is 3.66. The summed E-state index contributed by atoms with van der Waals surface area (Å²) in [6.45, 7) is 0. The van der Waals surface area contributed by atoms with Gasteiger partial charge in [-0.1, -0.05) is 11.8 Å². The van der Waals surface area contributed by atoms with Gasteiger partial charge in [0.05, 0.1) is 30.8 Å². The maximum Gasteiger partial charge on any atom is 0.169 e. The zero-order chi connectivity index (χ0) is 13.0. The molecule has 5 heteroatoms. The lowest BCUT2D eigenvalue weighted by atomic mass is 10.1. The molecule has 0 atom stereocenters. The van der Waals surface area contributed by atoms with Crippen molar-refractivity contribution >= 4 is 11.8 Å². The molecule has 4 nitrogen and oxygen atoms in total. The van der Waals surface area contributed by atoms with Gasteiger partial charge in [-0.05, 0) is 24.3 Å². The molecule has 0 saturated carbocycles. The standard InChI is InChI=1S/C13H13N3OS/c1-16-12(9-15-13(16)18-8-7-14)10-3-5-11(17-2)6-4-10/h3-6,9H,8H2,1-2H3. The molecule has 1 heterocycles. The van der Waals surface area contributed by atoms with Gasteiger partial charge in [0, 0.05) is 12.6 Å². The molecule has 2 aromatic rings. The monoisotopic (exact) mass is 259 g/mol. The number of hydrogen-bond acceptors (Lipinski definition) is 4. The van der Waals surface area contributed by atoms with Crippen LogP contribution in [-0.4, -0.2) is 22.4 Å². The highest BCUT2D eigenvalue weighted by Crippen LogP contribution is 2.26. The van der Waals surface area contributed by atoms with Crippen molar-refractivity contribution in [1.82, 2.24) is 9.55 Å². The van der Waals surface area contributed by atoms with Crippen LogP contribution in [0, 0.1) is 11.3 Å². The van der Waals surface area contributed by atoms with Crippen LogP contribution in [-0.2, 0) is 7.05 Å². The van der Waals surface area contributed by atoms with Crippen LogP contribution in [0.3, 0.4) is 0 Å². The summed E-state index contributed by atoms with van der Waals surface area (Å²) in [6.07, 6.45) is 1.82. The number of ether oxygens (including phenoxy) is 1. The van der Waals surface area contributed by atoms with Crippen LogP contribution in [0.2, 0.25) is 0 Å². The van der Waals surface area contributed by atoms with E-state index >= 15 is 0 Å². The van der Waals surface area contributed by atoms with Gasteiger partial charge in [0.15, 0.2) is 5.16 Å². The molecule has 0 amide bonds. The minimum atomic E-state index is 0.410. The largest absolute Gasteiger partial charge is 0.497 e. The highest BCUT2D eigenvalue weighted by Gasteiger charge is 2.08. The predicted octanol–water partition coefficient (Wildman–Crippen LogP) is 2.71. The van der Waals surface area contributed by atoms with Crippen LogP contribution >= 0.6 is 11.8 Å². The summed E-state index contributed by atoms with van der Waals surface area (Å²) in [5.74, 6) is 1.24. The molecule has 0 fully saturated rings. The molecule has 0 bridgehead atoms. The smallest absolute Gasteiger partial charge is 0.169 e. The van der Waals surface area contributed by atoms with Crippen molar-refractivity contribution in [1.29, 1.82) is 5.26 Å². The highest BCUT2D eigenvalue weighted by molar-refractivity contribution is 7.99. The molecule has 0 spiro atoms. The zero-order valence-corrected chi connectivity index (χ0v) is 11.1. The van der Waals surface area contributed by atoms with Crippen LogP contribution in [0.5, 0.6) is 5.75 Å². The molecular formula is C13H13N3OS. The first-order chi connectivity index (χ1) is 8.76. The van der Waals surface area contributed by atoms with E-state index in [0.717, 1.165) is 22.2 Å². The Balaban J connectivity index is 2.27. The Labute approximate surface area is 110 Å². The van der Waals surface area contributed by atoms with E-state index in [-0.39, 0.29) is 0 Å². The molecule has 2 rings (SSSR count). The van der Waals surface area contributed by atoms with E-state index in [1.54, 1.807) is 7.11 Å². The summed E-state index contributed by atoms with van der Waals surface area (Å²) in [5.41, 5.74) is 2.10. The van der Waals surface area contributed by atoms with Crippen molar-refractivity contribution in [2.45, 2.75) is 5.16 Å². The molecule has 0 unspecified atom stereocenters. The quantitative estimate of drug-likeness (QED) is 0.792. The minimum absolute atomic E-state index is 0.410. The fourth-order valence-corrected chi connectivity index (χ4v) is 2.27. The number of imidazole rings is 1. The number of thioether (sulfide) groups is 1. The van der Waals surface area contributed by atoms with Crippen molar-refractivity contribution in [2.24, 2.45) is 7.05 Å². The van der Waals surface area contributed by atoms with Gasteiger partial charge in [0.1, 0.15) is 5.75 Å². The van der Waals surface area contributed by atoms with E-state index in [0.29, 0.717) is 5.75 Å².